The average Bonchev–Trinajstić information content (AvgIpc) is 2.51. The van der Waals surface area contributed by atoms with E-state index in [0.717, 1.165) is 23.4 Å². The largest absolute Gasteiger partial charge is 0.466 e. The molecule has 3 nitrogen and oxygen atoms in total. The summed E-state index contributed by atoms with van der Waals surface area (Å²) in [6, 6.07) is 12.3. The van der Waals surface area contributed by atoms with Gasteiger partial charge in [-0.15, -0.1) is 0 Å². The summed E-state index contributed by atoms with van der Waals surface area (Å²) in [6.45, 7) is 6.29. The lowest BCUT2D eigenvalue weighted by molar-refractivity contribution is 0.0497. The van der Waals surface area contributed by atoms with Crippen LogP contribution in [0.5, 0.6) is 5.75 Å². The van der Waals surface area contributed by atoms with Crippen molar-refractivity contribution >= 4 is 34.6 Å². The Morgan fingerprint density at radius 2 is 1.88 bits per heavy atom. The number of nitrogens with zero attached hydrogens (tertiary/aromatic N) is 1. The van der Waals surface area contributed by atoms with Crippen molar-refractivity contribution in [2.45, 2.75) is 39.0 Å². The zero-order valence-corrected chi connectivity index (χ0v) is 15.5. The molecule has 2 atom stereocenters. The van der Waals surface area contributed by atoms with E-state index in [1.807, 2.05) is 12.1 Å². The molecule has 1 N–H and O–H groups in total. The quantitative estimate of drug-likeness (QED) is 0.733. The van der Waals surface area contributed by atoms with Crippen LogP contribution in [0.1, 0.15) is 36.1 Å². The summed E-state index contributed by atoms with van der Waals surface area (Å²) in [5.74, 6) is 0.754. The van der Waals surface area contributed by atoms with Gasteiger partial charge in [0, 0.05) is 12.0 Å². The molecule has 2 heterocycles. The van der Waals surface area contributed by atoms with Crippen LogP contribution >= 0.6 is 23.8 Å². The van der Waals surface area contributed by atoms with Crippen LogP contribution in [0.3, 0.4) is 0 Å². The van der Waals surface area contributed by atoms with Crippen LogP contribution < -0.4 is 15.0 Å². The minimum Gasteiger partial charge on any atom is -0.466 e. The molecule has 0 radical (unpaired) electrons. The van der Waals surface area contributed by atoms with Crippen LogP contribution in [-0.4, -0.2) is 10.8 Å². The van der Waals surface area contributed by atoms with Gasteiger partial charge in [0.05, 0.1) is 16.8 Å². The Kier molecular flexibility index (Phi) is 3.52. The van der Waals surface area contributed by atoms with Crippen molar-refractivity contribution < 1.29 is 4.74 Å². The van der Waals surface area contributed by atoms with E-state index < -0.39 is 5.72 Å². The van der Waals surface area contributed by atoms with Gasteiger partial charge in [0.25, 0.3) is 0 Å². The van der Waals surface area contributed by atoms with E-state index in [2.05, 4.69) is 55.3 Å². The molecule has 0 aromatic heterocycles. The number of halogens is 1. The number of ether oxygens (including phenoxy) is 1. The zero-order chi connectivity index (χ0) is 17.1. The molecule has 4 rings (SSSR count). The molecule has 2 bridgehead atoms. The van der Waals surface area contributed by atoms with Gasteiger partial charge in [-0.3, -0.25) is 4.90 Å². The summed E-state index contributed by atoms with van der Waals surface area (Å²) in [5.41, 5.74) is 3.96. The molecule has 2 aliphatic heterocycles. The summed E-state index contributed by atoms with van der Waals surface area (Å²) in [7, 11) is 0. The summed E-state index contributed by atoms with van der Waals surface area (Å²) < 4.78 is 6.43. The van der Waals surface area contributed by atoms with Crippen LogP contribution in [0.4, 0.5) is 5.69 Å². The van der Waals surface area contributed by atoms with E-state index in [0.29, 0.717) is 10.1 Å². The summed E-state index contributed by atoms with van der Waals surface area (Å²) in [5, 5.41) is 4.81. The summed E-state index contributed by atoms with van der Waals surface area (Å²) >= 11 is 12.1. The zero-order valence-electron chi connectivity index (χ0n) is 13.9. The standard InChI is InChI=1S/C19H19ClN2OS/c1-11-6-4-7-12(2)16(11)22-18(24)21-15-10-19(22,3)23-17-13(15)8-5-9-14(17)20/h4-9,15H,10H2,1-3H3,(H,21,24)/t15-,19+/m1/s1. The smallest absolute Gasteiger partial charge is 0.188 e. The minimum absolute atomic E-state index is 0.116. The molecule has 2 aromatic carbocycles. The normalized spacial score (nSPS) is 24.9. The van der Waals surface area contributed by atoms with Gasteiger partial charge in [-0.1, -0.05) is 41.9 Å². The lowest BCUT2D eigenvalue weighted by Gasteiger charge is -2.52. The highest BCUT2D eigenvalue weighted by Gasteiger charge is 2.49. The number of hydrogen-bond donors (Lipinski definition) is 1. The topological polar surface area (TPSA) is 24.5 Å². The Morgan fingerprint density at radius 1 is 1.21 bits per heavy atom. The molecule has 2 aromatic rings. The van der Waals surface area contributed by atoms with Gasteiger partial charge in [-0.2, -0.15) is 0 Å². The van der Waals surface area contributed by atoms with Gasteiger partial charge in [0.1, 0.15) is 5.75 Å². The number of thiocarbonyl (C=S) groups is 1. The molecule has 0 amide bonds. The lowest BCUT2D eigenvalue weighted by Crippen LogP contribution is -2.65. The van der Waals surface area contributed by atoms with Crippen molar-refractivity contribution in [2.24, 2.45) is 0 Å². The third kappa shape index (κ3) is 2.20. The van der Waals surface area contributed by atoms with Crippen molar-refractivity contribution in [3.63, 3.8) is 0 Å². The number of rotatable bonds is 1. The van der Waals surface area contributed by atoms with Crippen LogP contribution in [0.15, 0.2) is 36.4 Å². The maximum atomic E-state index is 6.43. The molecule has 0 aliphatic carbocycles. The molecule has 124 valence electrons. The van der Waals surface area contributed by atoms with Crippen LogP contribution in [0.25, 0.3) is 0 Å². The van der Waals surface area contributed by atoms with Gasteiger partial charge in [0.2, 0.25) is 0 Å². The number of fused-ring (bicyclic) bond motifs is 4. The average molecular weight is 359 g/mol. The first-order valence-electron chi connectivity index (χ1n) is 8.05. The Labute approximate surface area is 152 Å². The second kappa shape index (κ2) is 5.36. The van der Waals surface area contributed by atoms with E-state index >= 15 is 0 Å². The maximum absolute atomic E-state index is 6.43. The molecule has 1 saturated heterocycles. The fraction of sp³-hybridized carbons (Fsp3) is 0.316. The number of aryl methyl sites for hydroxylation is 2. The SMILES string of the molecule is Cc1cccc(C)c1N1C(=S)N[C@@H]2C[C@]1(C)Oc1c(Cl)cccc12. The second-order valence-corrected chi connectivity index (χ2v) is 7.51. The van der Waals surface area contributed by atoms with E-state index in [9.17, 15) is 0 Å². The molecule has 0 saturated carbocycles. The Balaban J connectivity index is 1.88. The molecule has 0 spiro atoms. The van der Waals surface area contributed by atoms with Crippen molar-refractivity contribution in [3.8, 4) is 5.75 Å². The number of para-hydroxylation sites is 2. The van der Waals surface area contributed by atoms with Crippen LogP contribution in [0, 0.1) is 13.8 Å². The number of nitrogens with one attached hydrogen (secondary N) is 1. The number of hydrogen-bond acceptors (Lipinski definition) is 2. The third-order valence-corrected chi connectivity index (χ3v) is 5.51. The molecule has 2 aliphatic rings. The monoisotopic (exact) mass is 358 g/mol. The highest BCUT2D eigenvalue weighted by atomic mass is 35.5. The minimum atomic E-state index is -0.568. The van der Waals surface area contributed by atoms with Crippen molar-refractivity contribution in [2.75, 3.05) is 4.90 Å². The fourth-order valence-corrected chi connectivity index (χ4v) is 4.50. The van der Waals surface area contributed by atoms with Gasteiger partial charge in [-0.05, 0) is 50.2 Å². The predicted molar refractivity (Wildman–Crippen MR) is 102 cm³/mol. The van der Waals surface area contributed by atoms with Crippen molar-refractivity contribution in [3.05, 3.63) is 58.1 Å². The Bertz CT molecular complexity index is 833. The fourth-order valence-electron chi connectivity index (χ4n) is 3.85. The number of benzene rings is 2. The lowest BCUT2D eigenvalue weighted by atomic mass is 9.89. The van der Waals surface area contributed by atoms with Gasteiger partial charge >= 0.3 is 0 Å². The van der Waals surface area contributed by atoms with E-state index in [-0.39, 0.29) is 6.04 Å². The Morgan fingerprint density at radius 3 is 2.58 bits per heavy atom. The third-order valence-electron chi connectivity index (χ3n) is 4.91. The van der Waals surface area contributed by atoms with Gasteiger partial charge < -0.3 is 10.1 Å². The molecule has 1 fully saturated rings. The molecule has 0 unspecified atom stereocenters. The first-order chi connectivity index (χ1) is 11.4. The number of anilines is 1. The predicted octanol–water partition coefficient (Wildman–Crippen LogP) is 4.89. The summed E-state index contributed by atoms with van der Waals surface area (Å²) in [6.07, 6.45) is 0.800. The van der Waals surface area contributed by atoms with Crippen molar-refractivity contribution in [1.82, 2.24) is 5.32 Å². The summed E-state index contributed by atoms with van der Waals surface area (Å²) in [4.78, 5) is 2.11. The first-order valence-corrected chi connectivity index (χ1v) is 8.84. The van der Waals surface area contributed by atoms with Gasteiger partial charge in [0.15, 0.2) is 10.8 Å². The second-order valence-electron chi connectivity index (χ2n) is 6.72. The van der Waals surface area contributed by atoms with E-state index in [1.54, 1.807) is 0 Å². The maximum Gasteiger partial charge on any atom is 0.188 e. The van der Waals surface area contributed by atoms with Crippen LogP contribution in [-0.2, 0) is 0 Å². The molecular weight excluding hydrogens is 340 g/mol. The molecule has 24 heavy (non-hydrogen) atoms. The van der Waals surface area contributed by atoms with Gasteiger partial charge in [-0.25, -0.2) is 0 Å². The highest BCUT2D eigenvalue weighted by molar-refractivity contribution is 7.80. The van der Waals surface area contributed by atoms with Crippen LogP contribution in [0.2, 0.25) is 5.02 Å². The van der Waals surface area contributed by atoms with E-state index in [1.165, 1.54) is 11.1 Å². The first kappa shape index (κ1) is 15.7. The van der Waals surface area contributed by atoms with Crippen molar-refractivity contribution in [1.29, 1.82) is 0 Å². The molecule has 5 heteroatoms. The van der Waals surface area contributed by atoms with E-state index in [4.69, 9.17) is 28.6 Å². The highest BCUT2D eigenvalue weighted by Crippen LogP contribution is 2.48. The Hall–Kier alpha value is -1.78. The molecular formula is C19H19ClN2OS.